The molecule has 0 atom stereocenters. The van der Waals surface area contributed by atoms with E-state index in [1.807, 2.05) is 6.07 Å². The second-order valence-electron chi connectivity index (χ2n) is 5.01. The molecular weight excluding hydrogens is 284 g/mol. The van der Waals surface area contributed by atoms with Gasteiger partial charge in [-0.2, -0.15) is 0 Å². The van der Waals surface area contributed by atoms with Crippen molar-refractivity contribution < 1.29 is 19.1 Å². The van der Waals surface area contributed by atoms with E-state index in [0.717, 1.165) is 18.4 Å². The number of benzene rings is 1. The molecule has 1 aromatic carbocycles. The Labute approximate surface area is 129 Å². The van der Waals surface area contributed by atoms with Crippen molar-refractivity contribution in [1.29, 1.82) is 0 Å². The molecule has 1 aliphatic rings. The molecule has 2 amide bonds. The fraction of sp³-hybridized carbons (Fsp3) is 0.375. The average molecular weight is 304 g/mol. The lowest BCUT2D eigenvalue weighted by Gasteiger charge is -2.07. The van der Waals surface area contributed by atoms with Gasteiger partial charge >= 0.3 is 0 Å². The maximum absolute atomic E-state index is 11.7. The topological polar surface area (TPSA) is 76.7 Å². The SMILES string of the molecule is COc1ccc(/C=C/C(=O)NCC(=O)NC2CC2)cc1OC. The van der Waals surface area contributed by atoms with Gasteiger partial charge in [-0.3, -0.25) is 9.59 Å². The Morgan fingerprint density at radius 3 is 2.59 bits per heavy atom. The Morgan fingerprint density at radius 1 is 1.23 bits per heavy atom. The normalized spacial score (nSPS) is 13.7. The predicted octanol–water partition coefficient (Wildman–Crippen LogP) is 1.11. The molecule has 22 heavy (non-hydrogen) atoms. The van der Waals surface area contributed by atoms with Crippen LogP contribution >= 0.6 is 0 Å². The smallest absolute Gasteiger partial charge is 0.244 e. The van der Waals surface area contributed by atoms with Crippen LogP contribution in [0.25, 0.3) is 6.08 Å². The highest BCUT2D eigenvalue weighted by Crippen LogP contribution is 2.27. The third kappa shape index (κ3) is 4.80. The first kappa shape index (κ1) is 15.9. The first-order valence-electron chi connectivity index (χ1n) is 7.09. The molecule has 0 spiro atoms. The highest BCUT2D eigenvalue weighted by atomic mass is 16.5. The van der Waals surface area contributed by atoms with E-state index < -0.39 is 0 Å². The van der Waals surface area contributed by atoms with E-state index in [-0.39, 0.29) is 18.4 Å². The molecule has 6 nitrogen and oxygen atoms in total. The molecule has 2 N–H and O–H groups in total. The summed E-state index contributed by atoms with van der Waals surface area (Å²) in [6, 6.07) is 5.64. The number of amides is 2. The molecule has 1 fully saturated rings. The summed E-state index contributed by atoms with van der Waals surface area (Å²) < 4.78 is 10.3. The molecule has 0 bridgehead atoms. The molecule has 0 unspecified atom stereocenters. The monoisotopic (exact) mass is 304 g/mol. The van der Waals surface area contributed by atoms with Crippen LogP contribution in [-0.2, 0) is 9.59 Å². The van der Waals surface area contributed by atoms with E-state index in [1.54, 1.807) is 32.4 Å². The molecule has 0 saturated heterocycles. The zero-order valence-electron chi connectivity index (χ0n) is 12.7. The minimum Gasteiger partial charge on any atom is -0.493 e. The van der Waals surface area contributed by atoms with Gasteiger partial charge in [-0.05, 0) is 36.6 Å². The van der Waals surface area contributed by atoms with Gasteiger partial charge in [-0.1, -0.05) is 6.07 Å². The van der Waals surface area contributed by atoms with Crippen LogP contribution in [0.3, 0.4) is 0 Å². The molecule has 0 heterocycles. The highest BCUT2D eigenvalue weighted by Gasteiger charge is 2.22. The molecule has 1 aromatic rings. The van der Waals surface area contributed by atoms with Gasteiger partial charge in [0.25, 0.3) is 0 Å². The highest BCUT2D eigenvalue weighted by molar-refractivity contribution is 5.94. The van der Waals surface area contributed by atoms with Gasteiger partial charge in [0.05, 0.1) is 20.8 Å². The average Bonchev–Trinajstić information content (AvgIpc) is 3.34. The number of hydrogen-bond acceptors (Lipinski definition) is 4. The quantitative estimate of drug-likeness (QED) is 0.740. The van der Waals surface area contributed by atoms with E-state index in [1.165, 1.54) is 6.08 Å². The van der Waals surface area contributed by atoms with E-state index in [9.17, 15) is 9.59 Å². The number of ether oxygens (including phenoxy) is 2. The maximum Gasteiger partial charge on any atom is 0.244 e. The molecular formula is C16H20N2O4. The summed E-state index contributed by atoms with van der Waals surface area (Å²) in [6.07, 6.45) is 5.08. The van der Waals surface area contributed by atoms with Gasteiger partial charge < -0.3 is 20.1 Å². The van der Waals surface area contributed by atoms with Crippen LogP contribution in [0.1, 0.15) is 18.4 Å². The van der Waals surface area contributed by atoms with Gasteiger partial charge in [0.15, 0.2) is 11.5 Å². The summed E-state index contributed by atoms with van der Waals surface area (Å²) in [6.45, 7) is -0.00833. The van der Waals surface area contributed by atoms with Crippen LogP contribution in [0.5, 0.6) is 11.5 Å². The summed E-state index contributed by atoms with van der Waals surface area (Å²) in [5, 5.41) is 5.35. The molecule has 0 radical (unpaired) electrons. The summed E-state index contributed by atoms with van der Waals surface area (Å²) in [7, 11) is 3.12. The van der Waals surface area contributed by atoms with Crippen molar-refractivity contribution in [1.82, 2.24) is 10.6 Å². The van der Waals surface area contributed by atoms with Crippen molar-refractivity contribution in [3.63, 3.8) is 0 Å². The molecule has 6 heteroatoms. The minimum absolute atomic E-state index is 0.00833. The Balaban J connectivity index is 1.84. The summed E-state index contributed by atoms with van der Waals surface area (Å²) in [5.41, 5.74) is 0.801. The lowest BCUT2D eigenvalue weighted by molar-refractivity contribution is -0.124. The number of methoxy groups -OCH3 is 2. The Bertz CT molecular complexity index is 580. The molecule has 0 aliphatic heterocycles. The van der Waals surface area contributed by atoms with Crippen LogP contribution < -0.4 is 20.1 Å². The standard InChI is InChI=1S/C16H20N2O4/c1-21-13-7-3-11(9-14(13)22-2)4-8-15(19)17-10-16(20)18-12-5-6-12/h3-4,7-9,12H,5-6,10H2,1-2H3,(H,17,19)(H,18,20)/b8-4+. The molecule has 1 saturated carbocycles. The molecule has 0 aromatic heterocycles. The fourth-order valence-corrected chi connectivity index (χ4v) is 1.86. The largest absolute Gasteiger partial charge is 0.493 e. The zero-order valence-corrected chi connectivity index (χ0v) is 12.7. The van der Waals surface area contributed by atoms with Crippen LogP contribution in [-0.4, -0.2) is 38.6 Å². The first-order valence-corrected chi connectivity index (χ1v) is 7.09. The van der Waals surface area contributed by atoms with Gasteiger partial charge in [0.2, 0.25) is 11.8 Å². The zero-order chi connectivity index (χ0) is 15.9. The van der Waals surface area contributed by atoms with Crippen LogP contribution in [0.4, 0.5) is 0 Å². The fourth-order valence-electron chi connectivity index (χ4n) is 1.86. The van der Waals surface area contributed by atoms with Gasteiger partial charge in [0.1, 0.15) is 0 Å². The minimum atomic E-state index is -0.319. The van der Waals surface area contributed by atoms with Crippen molar-refractivity contribution in [2.75, 3.05) is 20.8 Å². The summed E-state index contributed by atoms with van der Waals surface area (Å²) in [5.74, 6) is 0.741. The van der Waals surface area contributed by atoms with Crippen molar-refractivity contribution in [3.05, 3.63) is 29.8 Å². The lowest BCUT2D eigenvalue weighted by Crippen LogP contribution is -2.37. The number of nitrogens with one attached hydrogen (secondary N) is 2. The van der Waals surface area contributed by atoms with Crippen molar-refractivity contribution in [3.8, 4) is 11.5 Å². The van der Waals surface area contributed by atoms with Gasteiger partial charge in [-0.15, -0.1) is 0 Å². The summed E-state index contributed by atoms with van der Waals surface area (Å²) in [4.78, 5) is 23.1. The molecule has 118 valence electrons. The van der Waals surface area contributed by atoms with Gasteiger partial charge in [-0.25, -0.2) is 0 Å². The summed E-state index contributed by atoms with van der Waals surface area (Å²) >= 11 is 0. The number of hydrogen-bond donors (Lipinski definition) is 2. The third-order valence-electron chi connectivity index (χ3n) is 3.20. The van der Waals surface area contributed by atoms with Crippen molar-refractivity contribution >= 4 is 17.9 Å². The Morgan fingerprint density at radius 2 is 1.95 bits per heavy atom. The third-order valence-corrected chi connectivity index (χ3v) is 3.20. The second-order valence-corrected chi connectivity index (χ2v) is 5.01. The van der Waals surface area contributed by atoms with E-state index in [2.05, 4.69) is 10.6 Å². The lowest BCUT2D eigenvalue weighted by atomic mass is 10.2. The van der Waals surface area contributed by atoms with Crippen molar-refractivity contribution in [2.24, 2.45) is 0 Å². The Hall–Kier alpha value is -2.50. The second kappa shape index (κ2) is 7.49. The van der Waals surface area contributed by atoms with E-state index in [4.69, 9.17) is 9.47 Å². The maximum atomic E-state index is 11.7. The van der Waals surface area contributed by atoms with Crippen LogP contribution in [0, 0.1) is 0 Å². The van der Waals surface area contributed by atoms with Crippen molar-refractivity contribution in [2.45, 2.75) is 18.9 Å². The van der Waals surface area contributed by atoms with E-state index in [0.29, 0.717) is 17.5 Å². The van der Waals surface area contributed by atoms with Crippen LogP contribution in [0.2, 0.25) is 0 Å². The van der Waals surface area contributed by atoms with Crippen LogP contribution in [0.15, 0.2) is 24.3 Å². The Kier molecular flexibility index (Phi) is 5.41. The number of rotatable bonds is 7. The first-order chi connectivity index (χ1) is 10.6. The van der Waals surface area contributed by atoms with Gasteiger partial charge in [0, 0.05) is 12.1 Å². The predicted molar refractivity (Wildman–Crippen MR) is 82.8 cm³/mol. The number of carbonyl (C=O) groups excluding carboxylic acids is 2. The molecule has 2 rings (SSSR count). The van der Waals surface area contributed by atoms with E-state index >= 15 is 0 Å². The molecule has 1 aliphatic carbocycles. The number of carbonyl (C=O) groups is 2.